The molecule has 1 rings (SSSR count). The molecule has 16 heavy (non-hydrogen) atoms. The summed E-state index contributed by atoms with van der Waals surface area (Å²) in [6.45, 7) is 4.84. The monoisotopic (exact) mass is 226 g/mol. The average Bonchev–Trinajstić information content (AvgIpc) is 2.31. The first-order chi connectivity index (χ1) is 7.67. The molecule has 0 aromatic rings. The first-order valence-electron chi connectivity index (χ1n) is 5.92. The van der Waals surface area contributed by atoms with E-state index in [1.165, 1.54) is 7.11 Å². The predicted octanol–water partition coefficient (Wildman–Crippen LogP) is 0.919. The third-order valence-electron chi connectivity index (χ3n) is 3.06. The molecule has 0 bridgehead atoms. The maximum absolute atomic E-state index is 11.3. The van der Waals surface area contributed by atoms with E-state index in [1.54, 1.807) is 0 Å². The van der Waals surface area contributed by atoms with Gasteiger partial charge in [-0.2, -0.15) is 0 Å². The van der Waals surface area contributed by atoms with Crippen molar-refractivity contribution in [2.24, 2.45) is 5.73 Å². The molecule has 0 atom stereocenters. The van der Waals surface area contributed by atoms with Crippen LogP contribution >= 0.6 is 0 Å². The van der Waals surface area contributed by atoms with Gasteiger partial charge in [0, 0.05) is 18.2 Å². The zero-order chi connectivity index (χ0) is 12.0. The molecule has 2 N–H and O–H groups in total. The van der Waals surface area contributed by atoms with Crippen LogP contribution in [0.25, 0.3) is 0 Å². The molecule has 0 unspecified atom stereocenters. The smallest absolute Gasteiger partial charge is 0.333 e. The van der Waals surface area contributed by atoms with E-state index in [0.717, 1.165) is 44.5 Å². The lowest BCUT2D eigenvalue weighted by atomic mass is 10.1. The molecule has 1 heterocycles. The molecular weight excluding hydrogens is 204 g/mol. The number of esters is 1. The van der Waals surface area contributed by atoms with Crippen molar-refractivity contribution in [3.8, 4) is 0 Å². The van der Waals surface area contributed by atoms with Gasteiger partial charge in [-0.1, -0.05) is 13.0 Å². The number of likely N-dealkylation sites (tertiary alicyclic amines) is 1. The maximum Gasteiger partial charge on any atom is 0.333 e. The van der Waals surface area contributed by atoms with Crippen molar-refractivity contribution in [3.63, 3.8) is 0 Å². The fourth-order valence-electron chi connectivity index (χ4n) is 1.88. The highest BCUT2D eigenvalue weighted by molar-refractivity contribution is 5.88. The number of rotatable bonds is 4. The second-order valence-corrected chi connectivity index (χ2v) is 4.21. The van der Waals surface area contributed by atoms with E-state index in [9.17, 15) is 4.79 Å². The second kappa shape index (κ2) is 6.66. The maximum atomic E-state index is 11.3. The fraction of sp³-hybridized carbons (Fsp3) is 0.750. The van der Waals surface area contributed by atoms with Crippen molar-refractivity contribution < 1.29 is 9.53 Å². The van der Waals surface area contributed by atoms with Crippen LogP contribution in [0.1, 0.15) is 26.2 Å². The van der Waals surface area contributed by atoms with Crippen LogP contribution in [0.2, 0.25) is 0 Å². The van der Waals surface area contributed by atoms with Gasteiger partial charge in [0.1, 0.15) is 0 Å². The molecule has 1 aliphatic rings. The second-order valence-electron chi connectivity index (χ2n) is 4.21. The van der Waals surface area contributed by atoms with Crippen LogP contribution < -0.4 is 5.73 Å². The Kier molecular flexibility index (Phi) is 5.49. The SMILES string of the molecule is CCC(=CCN1CCC(N)CC1)C(=O)OC. The minimum absolute atomic E-state index is 0.212. The first kappa shape index (κ1) is 13.2. The van der Waals surface area contributed by atoms with Gasteiger partial charge in [-0.25, -0.2) is 4.79 Å². The van der Waals surface area contributed by atoms with E-state index < -0.39 is 0 Å². The van der Waals surface area contributed by atoms with Crippen LogP contribution in [0.4, 0.5) is 0 Å². The van der Waals surface area contributed by atoms with Gasteiger partial charge in [-0.3, -0.25) is 4.90 Å². The van der Waals surface area contributed by atoms with Crippen molar-refractivity contribution in [2.45, 2.75) is 32.2 Å². The molecular formula is C12H22N2O2. The summed E-state index contributed by atoms with van der Waals surface area (Å²) in [5.41, 5.74) is 6.59. The van der Waals surface area contributed by atoms with Gasteiger partial charge >= 0.3 is 5.97 Å². The van der Waals surface area contributed by atoms with Crippen LogP contribution in [-0.4, -0.2) is 43.7 Å². The number of hydrogen-bond donors (Lipinski definition) is 1. The Hall–Kier alpha value is -0.870. The Balaban J connectivity index is 2.41. The van der Waals surface area contributed by atoms with E-state index in [1.807, 2.05) is 13.0 Å². The van der Waals surface area contributed by atoms with Crippen LogP contribution in [0.3, 0.4) is 0 Å². The summed E-state index contributed by atoms with van der Waals surface area (Å²) >= 11 is 0. The van der Waals surface area contributed by atoms with E-state index in [0.29, 0.717) is 6.04 Å². The van der Waals surface area contributed by atoms with Crippen molar-refractivity contribution in [2.75, 3.05) is 26.7 Å². The van der Waals surface area contributed by atoms with E-state index in [-0.39, 0.29) is 5.97 Å². The van der Waals surface area contributed by atoms with Crippen molar-refractivity contribution in [3.05, 3.63) is 11.6 Å². The molecule has 1 aliphatic heterocycles. The third-order valence-corrected chi connectivity index (χ3v) is 3.06. The summed E-state index contributed by atoms with van der Waals surface area (Å²) in [4.78, 5) is 13.7. The zero-order valence-corrected chi connectivity index (χ0v) is 10.2. The molecule has 1 saturated heterocycles. The van der Waals surface area contributed by atoms with Crippen LogP contribution in [0.5, 0.6) is 0 Å². The number of hydrogen-bond acceptors (Lipinski definition) is 4. The van der Waals surface area contributed by atoms with Crippen LogP contribution in [0.15, 0.2) is 11.6 Å². The minimum Gasteiger partial charge on any atom is -0.466 e. The summed E-state index contributed by atoms with van der Waals surface area (Å²) in [7, 11) is 1.42. The van der Waals surface area contributed by atoms with Crippen LogP contribution in [-0.2, 0) is 9.53 Å². The molecule has 0 aromatic heterocycles. The molecule has 0 amide bonds. The minimum atomic E-state index is -0.212. The largest absolute Gasteiger partial charge is 0.466 e. The van der Waals surface area contributed by atoms with Gasteiger partial charge in [-0.05, 0) is 32.4 Å². The molecule has 0 spiro atoms. The molecule has 0 aromatic carbocycles. The Morgan fingerprint density at radius 2 is 2.12 bits per heavy atom. The summed E-state index contributed by atoms with van der Waals surface area (Å²) < 4.78 is 4.71. The number of carbonyl (C=O) groups is 1. The van der Waals surface area contributed by atoms with Gasteiger partial charge in [0.05, 0.1) is 7.11 Å². The van der Waals surface area contributed by atoms with E-state index in [4.69, 9.17) is 10.5 Å². The Labute approximate surface area is 97.4 Å². The summed E-state index contributed by atoms with van der Waals surface area (Å²) in [6.07, 6.45) is 4.80. The number of ether oxygens (including phenoxy) is 1. The highest BCUT2D eigenvalue weighted by Gasteiger charge is 2.15. The molecule has 0 saturated carbocycles. The van der Waals surface area contributed by atoms with E-state index >= 15 is 0 Å². The molecule has 4 nitrogen and oxygen atoms in total. The third kappa shape index (κ3) is 3.94. The number of carbonyl (C=O) groups excluding carboxylic acids is 1. The molecule has 0 radical (unpaired) electrons. The van der Waals surface area contributed by atoms with Gasteiger partial charge in [0.25, 0.3) is 0 Å². The van der Waals surface area contributed by atoms with Crippen molar-refractivity contribution >= 4 is 5.97 Å². The van der Waals surface area contributed by atoms with E-state index in [2.05, 4.69) is 4.90 Å². The topological polar surface area (TPSA) is 55.6 Å². The Morgan fingerprint density at radius 1 is 1.50 bits per heavy atom. The highest BCUT2D eigenvalue weighted by Crippen LogP contribution is 2.09. The number of methoxy groups -OCH3 is 1. The van der Waals surface area contributed by atoms with Crippen molar-refractivity contribution in [1.29, 1.82) is 0 Å². The zero-order valence-electron chi connectivity index (χ0n) is 10.2. The first-order valence-corrected chi connectivity index (χ1v) is 5.92. The average molecular weight is 226 g/mol. The molecule has 0 aliphatic carbocycles. The highest BCUT2D eigenvalue weighted by atomic mass is 16.5. The lowest BCUT2D eigenvalue weighted by Gasteiger charge is -2.29. The van der Waals surface area contributed by atoms with Crippen LogP contribution in [0, 0.1) is 0 Å². The molecule has 1 fully saturated rings. The fourth-order valence-corrected chi connectivity index (χ4v) is 1.88. The summed E-state index contributed by atoms with van der Waals surface area (Å²) in [5.74, 6) is -0.212. The predicted molar refractivity (Wildman–Crippen MR) is 64.0 cm³/mol. The van der Waals surface area contributed by atoms with Gasteiger partial charge in [0.2, 0.25) is 0 Å². The number of nitrogens with two attached hydrogens (primary N) is 1. The Morgan fingerprint density at radius 3 is 2.62 bits per heavy atom. The van der Waals surface area contributed by atoms with Crippen molar-refractivity contribution in [1.82, 2.24) is 4.90 Å². The Bertz CT molecular complexity index is 256. The number of piperidine rings is 1. The summed E-state index contributed by atoms with van der Waals surface area (Å²) in [6, 6.07) is 0.353. The van der Waals surface area contributed by atoms with Gasteiger partial charge in [0.15, 0.2) is 0 Å². The van der Waals surface area contributed by atoms with Gasteiger partial charge < -0.3 is 10.5 Å². The lowest BCUT2D eigenvalue weighted by molar-refractivity contribution is -0.136. The van der Waals surface area contributed by atoms with Gasteiger partial charge in [-0.15, -0.1) is 0 Å². The quantitative estimate of drug-likeness (QED) is 0.572. The standard InChI is InChI=1S/C12H22N2O2/c1-3-10(12(15)16-2)4-7-14-8-5-11(13)6-9-14/h4,11H,3,5-9,13H2,1-2H3. The summed E-state index contributed by atoms with van der Waals surface area (Å²) in [5, 5.41) is 0. The lowest BCUT2D eigenvalue weighted by Crippen LogP contribution is -2.39. The normalized spacial score (nSPS) is 19.8. The molecule has 92 valence electrons. The number of nitrogens with zero attached hydrogens (tertiary/aromatic N) is 1. The molecule has 4 heteroatoms.